The number of methoxy groups -OCH3 is 2. The minimum absolute atomic E-state index is 0.0926. The van der Waals surface area contributed by atoms with Crippen molar-refractivity contribution in [2.24, 2.45) is 0 Å². The van der Waals surface area contributed by atoms with Crippen molar-refractivity contribution in [3.63, 3.8) is 0 Å². The highest BCUT2D eigenvalue weighted by atomic mass is 35.5. The maximum atomic E-state index is 5.59. The molecule has 0 bridgehead atoms. The summed E-state index contributed by atoms with van der Waals surface area (Å²) >= 11 is 5.59. The number of hydrogen-bond donors (Lipinski definition) is 0. The number of hydrogen-bond acceptors (Lipinski definition) is 2. The molecule has 0 aliphatic rings. The second-order valence-corrected chi connectivity index (χ2v) is 2.21. The average molecular weight is 139 g/mol. The largest absolute Gasteiger partial charge is 0.354 e. The molecular formula is C5H11ClO2. The first-order valence-electron chi connectivity index (χ1n) is 2.42. The molecule has 0 aliphatic heterocycles. The summed E-state index contributed by atoms with van der Waals surface area (Å²) in [5.41, 5.74) is 0. The molecule has 0 saturated carbocycles. The maximum absolute atomic E-state index is 5.59. The van der Waals surface area contributed by atoms with Crippen molar-refractivity contribution in [3.8, 4) is 0 Å². The lowest BCUT2D eigenvalue weighted by Crippen LogP contribution is -2.22. The van der Waals surface area contributed by atoms with Crippen molar-refractivity contribution in [1.29, 1.82) is 0 Å². The van der Waals surface area contributed by atoms with Crippen LogP contribution >= 0.6 is 11.6 Å². The fraction of sp³-hybridized carbons (Fsp3) is 1.00. The predicted molar refractivity (Wildman–Crippen MR) is 33.1 cm³/mol. The standard InChI is InChI=1S/C5H11ClO2/c1-4(6)5(7-2)8-3/h4-5H,1-3H3/t4-/m0/s1. The molecule has 0 rings (SSSR count). The zero-order chi connectivity index (χ0) is 6.57. The molecule has 0 N–H and O–H groups in total. The molecule has 0 amide bonds. The monoisotopic (exact) mass is 138 g/mol. The number of halogens is 1. The second kappa shape index (κ2) is 4.13. The van der Waals surface area contributed by atoms with Crippen LogP contribution in [0.15, 0.2) is 0 Å². The van der Waals surface area contributed by atoms with E-state index in [1.54, 1.807) is 14.2 Å². The van der Waals surface area contributed by atoms with Crippen LogP contribution in [-0.2, 0) is 9.47 Å². The first kappa shape index (κ1) is 8.21. The van der Waals surface area contributed by atoms with Gasteiger partial charge in [-0.2, -0.15) is 0 Å². The van der Waals surface area contributed by atoms with E-state index in [4.69, 9.17) is 21.1 Å². The summed E-state index contributed by atoms with van der Waals surface area (Å²) in [5, 5.41) is -0.0926. The van der Waals surface area contributed by atoms with E-state index in [0.29, 0.717) is 0 Å². The van der Waals surface area contributed by atoms with Crippen molar-refractivity contribution in [2.75, 3.05) is 14.2 Å². The fourth-order valence-corrected chi connectivity index (χ4v) is 0.677. The Balaban J connectivity index is 3.35. The van der Waals surface area contributed by atoms with E-state index >= 15 is 0 Å². The van der Waals surface area contributed by atoms with Crippen molar-refractivity contribution >= 4 is 11.6 Å². The normalized spacial score (nSPS) is 14.6. The molecule has 0 fully saturated rings. The van der Waals surface area contributed by atoms with Crippen LogP contribution in [0.5, 0.6) is 0 Å². The Morgan fingerprint density at radius 1 is 1.25 bits per heavy atom. The lowest BCUT2D eigenvalue weighted by Gasteiger charge is -2.14. The Hall–Kier alpha value is 0.210. The van der Waals surface area contributed by atoms with Gasteiger partial charge in [-0.15, -0.1) is 11.6 Å². The first-order valence-corrected chi connectivity index (χ1v) is 2.85. The highest BCUT2D eigenvalue weighted by molar-refractivity contribution is 6.20. The molecule has 0 aliphatic carbocycles. The van der Waals surface area contributed by atoms with E-state index in [1.165, 1.54) is 0 Å². The van der Waals surface area contributed by atoms with Gasteiger partial charge in [-0.3, -0.25) is 0 Å². The van der Waals surface area contributed by atoms with Gasteiger partial charge in [0.15, 0.2) is 6.29 Å². The van der Waals surface area contributed by atoms with Crippen LogP contribution in [0.4, 0.5) is 0 Å². The highest BCUT2D eigenvalue weighted by Gasteiger charge is 2.10. The number of rotatable bonds is 3. The minimum Gasteiger partial charge on any atom is -0.354 e. The van der Waals surface area contributed by atoms with Gasteiger partial charge in [0.05, 0.1) is 5.38 Å². The smallest absolute Gasteiger partial charge is 0.172 e. The van der Waals surface area contributed by atoms with Crippen LogP contribution in [0.1, 0.15) is 6.92 Å². The zero-order valence-corrected chi connectivity index (χ0v) is 6.11. The maximum Gasteiger partial charge on any atom is 0.172 e. The van der Waals surface area contributed by atoms with E-state index in [2.05, 4.69) is 0 Å². The van der Waals surface area contributed by atoms with Crippen LogP contribution < -0.4 is 0 Å². The summed E-state index contributed by atoms with van der Waals surface area (Å²) in [5.74, 6) is 0. The Labute approximate surface area is 54.7 Å². The molecule has 1 atom stereocenters. The van der Waals surface area contributed by atoms with E-state index < -0.39 is 0 Å². The van der Waals surface area contributed by atoms with E-state index in [9.17, 15) is 0 Å². The van der Waals surface area contributed by atoms with E-state index in [1.807, 2.05) is 6.92 Å². The summed E-state index contributed by atoms with van der Waals surface area (Å²) in [7, 11) is 3.13. The summed E-state index contributed by atoms with van der Waals surface area (Å²) in [6.07, 6.45) is -0.281. The third-order valence-electron chi connectivity index (χ3n) is 0.840. The second-order valence-electron chi connectivity index (χ2n) is 1.52. The van der Waals surface area contributed by atoms with Crippen molar-refractivity contribution in [3.05, 3.63) is 0 Å². The van der Waals surface area contributed by atoms with E-state index in [0.717, 1.165) is 0 Å². The molecule has 3 heteroatoms. The van der Waals surface area contributed by atoms with Gasteiger partial charge in [0, 0.05) is 14.2 Å². The van der Waals surface area contributed by atoms with Gasteiger partial charge < -0.3 is 9.47 Å². The Kier molecular flexibility index (Phi) is 4.23. The molecular weight excluding hydrogens is 128 g/mol. The molecule has 0 spiro atoms. The molecule has 0 aromatic heterocycles. The SMILES string of the molecule is COC(OC)[C@H](C)Cl. The van der Waals surface area contributed by atoms with Crippen LogP contribution in [-0.4, -0.2) is 25.9 Å². The molecule has 0 aromatic rings. The van der Waals surface area contributed by atoms with Gasteiger partial charge in [0.1, 0.15) is 0 Å². The molecule has 8 heavy (non-hydrogen) atoms. The average Bonchev–Trinajstić information content (AvgIpc) is 1.69. The quantitative estimate of drug-likeness (QED) is 0.432. The zero-order valence-electron chi connectivity index (χ0n) is 5.35. The summed E-state index contributed by atoms with van der Waals surface area (Å²) < 4.78 is 9.61. The summed E-state index contributed by atoms with van der Waals surface area (Å²) in [6, 6.07) is 0. The molecule has 0 aromatic carbocycles. The third kappa shape index (κ3) is 2.50. The van der Waals surface area contributed by atoms with Crippen LogP contribution in [0.3, 0.4) is 0 Å². The van der Waals surface area contributed by atoms with Gasteiger partial charge >= 0.3 is 0 Å². The van der Waals surface area contributed by atoms with Crippen LogP contribution in [0.25, 0.3) is 0 Å². The van der Waals surface area contributed by atoms with Crippen molar-refractivity contribution in [1.82, 2.24) is 0 Å². The molecule has 0 unspecified atom stereocenters. The summed E-state index contributed by atoms with van der Waals surface area (Å²) in [4.78, 5) is 0. The molecule has 2 nitrogen and oxygen atoms in total. The molecule has 0 radical (unpaired) electrons. The topological polar surface area (TPSA) is 18.5 Å². The third-order valence-corrected chi connectivity index (χ3v) is 1.05. The van der Waals surface area contributed by atoms with Crippen LogP contribution in [0, 0.1) is 0 Å². The molecule has 0 heterocycles. The fourth-order valence-electron chi connectivity index (χ4n) is 0.471. The lowest BCUT2D eigenvalue weighted by atomic mass is 10.5. The Morgan fingerprint density at radius 3 is 1.62 bits per heavy atom. The van der Waals surface area contributed by atoms with E-state index in [-0.39, 0.29) is 11.7 Å². The van der Waals surface area contributed by atoms with Gasteiger partial charge in [0.25, 0.3) is 0 Å². The Morgan fingerprint density at radius 2 is 1.62 bits per heavy atom. The molecule has 50 valence electrons. The highest BCUT2D eigenvalue weighted by Crippen LogP contribution is 2.04. The van der Waals surface area contributed by atoms with Gasteiger partial charge in [-0.1, -0.05) is 0 Å². The summed E-state index contributed by atoms with van der Waals surface area (Å²) in [6.45, 7) is 1.82. The lowest BCUT2D eigenvalue weighted by molar-refractivity contribution is -0.100. The van der Waals surface area contributed by atoms with Gasteiger partial charge in [-0.05, 0) is 6.92 Å². The first-order chi connectivity index (χ1) is 3.72. The minimum atomic E-state index is -0.281. The van der Waals surface area contributed by atoms with Crippen molar-refractivity contribution in [2.45, 2.75) is 18.6 Å². The van der Waals surface area contributed by atoms with Gasteiger partial charge in [-0.25, -0.2) is 0 Å². The van der Waals surface area contributed by atoms with Crippen LogP contribution in [0.2, 0.25) is 0 Å². The molecule has 0 saturated heterocycles. The predicted octanol–water partition coefficient (Wildman–Crippen LogP) is 1.23. The Bertz CT molecular complexity index is 52.4. The van der Waals surface area contributed by atoms with Gasteiger partial charge in [0.2, 0.25) is 0 Å². The number of ether oxygens (including phenoxy) is 2. The number of alkyl halides is 1. The van der Waals surface area contributed by atoms with Crippen molar-refractivity contribution < 1.29 is 9.47 Å².